The van der Waals surface area contributed by atoms with Gasteiger partial charge >= 0.3 is 0 Å². The molecule has 0 unspecified atom stereocenters. The molecule has 0 radical (unpaired) electrons. The molecule has 0 bridgehead atoms. The zero-order valence-corrected chi connectivity index (χ0v) is 22.3. The van der Waals surface area contributed by atoms with Crippen LogP contribution in [0, 0.1) is 0 Å². The number of carbonyl (C=O) groups excluding carboxylic acids is 1. The number of nitrogens with zero attached hydrogens (tertiary/aromatic N) is 1. The summed E-state index contributed by atoms with van der Waals surface area (Å²) in [4.78, 5) is 15.6. The van der Waals surface area contributed by atoms with Crippen LogP contribution in [0.25, 0.3) is 11.1 Å². The number of hydrogen-bond donors (Lipinski definition) is 0. The summed E-state index contributed by atoms with van der Waals surface area (Å²) in [7, 11) is 0. The summed E-state index contributed by atoms with van der Waals surface area (Å²) in [6, 6.07) is 17.6. The van der Waals surface area contributed by atoms with E-state index in [1.165, 1.54) is 35.1 Å². The van der Waals surface area contributed by atoms with Gasteiger partial charge in [-0.15, -0.1) is 0 Å². The van der Waals surface area contributed by atoms with Crippen LogP contribution in [0.1, 0.15) is 110 Å². The van der Waals surface area contributed by atoms with Crippen molar-refractivity contribution < 1.29 is 4.79 Å². The molecule has 1 fully saturated rings. The second-order valence-electron chi connectivity index (χ2n) is 9.17. The van der Waals surface area contributed by atoms with Crippen molar-refractivity contribution in [3.05, 3.63) is 59.7 Å². The number of aldehydes is 1. The van der Waals surface area contributed by atoms with Gasteiger partial charge in [0.15, 0.2) is 0 Å². The molecular weight excluding hydrogens is 402 g/mol. The van der Waals surface area contributed by atoms with E-state index in [4.69, 9.17) is 0 Å². The summed E-state index contributed by atoms with van der Waals surface area (Å²) in [5.41, 5.74) is 6.34. The van der Waals surface area contributed by atoms with Crippen molar-refractivity contribution >= 4 is 12.0 Å². The van der Waals surface area contributed by atoms with Crippen LogP contribution in [0.3, 0.4) is 0 Å². The Morgan fingerprint density at radius 3 is 2.12 bits per heavy atom. The van der Waals surface area contributed by atoms with Crippen LogP contribution in [0.4, 0.5) is 0 Å². The highest BCUT2D eigenvalue weighted by atomic mass is 16.1. The monoisotopic (exact) mass is 449 g/mol. The van der Waals surface area contributed by atoms with E-state index in [2.05, 4.69) is 88.1 Å². The van der Waals surface area contributed by atoms with Crippen molar-refractivity contribution in [1.29, 1.82) is 0 Å². The van der Waals surface area contributed by atoms with Gasteiger partial charge in [-0.05, 0) is 67.2 Å². The Morgan fingerprint density at radius 2 is 1.61 bits per heavy atom. The Morgan fingerprint density at radius 1 is 1.00 bits per heavy atom. The maximum atomic E-state index is 11.0. The average molecular weight is 450 g/mol. The fourth-order valence-electron chi connectivity index (χ4n) is 4.30. The largest absolute Gasteiger partial charge is 0.301 e. The van der Waals surface area contributed by atoms with Crippen molar-refractivity contribution in [2.24, 2.45) is 4.99 Å². The molecule has 0 aliphatic heterocycles. The lowest BCUT2D eigenvalue weighted by atomic mass is 9.92. The molecule has 2 nitrogen and oxygen atoms in total. The van der Waals surface area contributed by atoms with Gasteiger partial charge in [-0.25, -0.2) is 0 Å². The third-order valence-electron chi connectivity index (χ3n) is 6.25. The van der Waals surface area contributed by atoms with Gasteiger partial charge in [0.2, 0.25) is 0 Å². The van der Waals surface area contributed by atoms with E-state index in [9.17, 15) is 4.79 Å². The van der Waals surface area contributed by atoms with E-state index in [0.29, 0.717) is 5.92 Å². The number of carbonyl (C=O) groups is 1. The first-order valence-electron chi connectivity index (χ1n) is 13.1. The first kappa shape index (κ1) is 28.8. The number of benzene rings is 2. The molecule has 1 saturated carbocycles. The van der Waals surface area contributed by atoms with Gasteiger partial charge in [0, 0.05) is 5.71 Å². The first-order valence-corrected chi connectivity index (χ1v) is 13.1. The normalized spacial score (nSPS) is 14.7. The predicted molar refractivity (Wildman–Crippen MR) is 147 cm³/mol. The van der Waals surface area contributed by atoms with Crippen molar-refractivity contribution in [2.75, 3.05) is 0 Å². The standard InChI is InChI=1S/C17H20.C12H21NO.C2H6/c1-4-14-9-11-15(12-10-14)17-8-6-5-7-16(17)13(2)3;1-3-4-7-11(2)13-12(10-14)8-5-6-9-12;1-2/h5-13H,4H2,1-3H3;10H,3-9H2,1-2H3;1-2H3. The molecule has 33 heavy (non-hydrogen) atoms. The number of aryl methyl sites for hydroxylation is 1. The molecule has 0 saturated heterocycles. The first-order chi connectivity index (χ1) is 15.9. The lowest BCUT2D eigenvalue weighted by Gasteiger charge is -2.17. The summed E-state index contributed by atoms with van der Waals surface area (Å²) in [6.45, 7) is 14.9. The summed E-state index contributed by atoms with van der Waals surface area (Å²) in [6.07, 6.45) is 9.82. The van der Waals surface area contributed by atoms with E-state index in [1.54, 1.807) is 0 Å². The highest BCUT2D eigenvalue weighted by molar-refractivity contribution is 5.84. The Hall–Kier alpha value is -2.22. The molecule has 0 heterocycles. The Balaban J connectivity index is 0.000000313. The summed E-state index contributed by atoms with van der Waals surface area (Å²) in [5.74, 6) is 0.567. The molecule has 2 aromatic carbocycles. The predicted octanol–water partition coefficient (Wildman–Crippen LogP) is 9.21. The van der Waals surface area contributed by atoms with Crippen molar-refractivity contribution in [3.63, 3.8) is 0 Å². The Kier molecular flexibility index (Phi) is 13.6. The van der Waals surface area contributed by atoms with E-state index < -0.39 is 0 Å². The van der Waals surface area contributed by atoms with E-state index in [1.807, 2.05) is 13.8 Å². The molecule has 3 rings (SSSR count). The van der Waals surface area contributed by atoms with Crippen LogP contribution in [0.2, 0.25) is 0 Å². The van der Waals surface area contributed by atoms with Gasteiger partial charge in [-0.1, -0.05) is 109 Å². The third kappa shape index (κ3) is 9.27. The van der Waals surface area contributed by atoms with Crippen LogP contribution in [0.15, 0.2) is 53.5 Å². The molecule has 2 heteroatoms. The molecule has 2 aromatic rings. The number of rotatable bonds is 8. The van der Waals surface area contributed by atoms with Gasteiger partial charge in [0.05, 0.1) is 0 Å². The highest BCUT2D eigenvalue weighted by Crippen LogP contribution is 2.32. The van der Waals surface area contributed by atoms with E-state index >= 15 is 0 Å². The van der Waals surface area contributed by atoms with Gasteiger partial charge in [0.25, 0.3) is 0 Å². The maximum Gasteiger partial charge on any atom is 0.147 e. The second-order valence-corrected chi connectivity index (χ2v) is 9.17. The molecule has 1 aliphatic carbocycles. The minimum absolute atomic E-state index is 0.335. The lowest BCUT2D eigenvalue weighted by molar-refractivity contribution is -0.111. The van der Waals surface area contributed by atoms with Crippen LogP contribution in [-0.4, -0.2) is 17.5 Å². The van der Waals surface area contributed by atoms with Crippen molar-refractivity contribution in [2.45, 2.75) is 111 Å². The van der Waals surface area contributed by atoms with Crippen LogP contribution in [0.5, 0.6) is 0 Å². The van der Waals surface area contributed by atoms with E-state index in [0.717, 1.165) is 50.5 Å². The molecule has 0 aromatic heterocycles. The average Bonchev–Trinajstić information content (AvgIpc) is 3.33. The minimum Gasteiger partial charge on any atom is -0.301 e. The van der Waals surface area contributed by atoms with Gasteiger partial charge in [0.1, 0.15) is 11.8 Å². The zero-order chi connectivity index (χ0) is 24.7. The summed E-state index contributed by atoms with van der Waals surface area (Å²) in [5, 5.41) is 0. The summed E-state index contributed by atoms with van der Waals surface area (Å²) < 4.78 is 0. The topological polar surface area (TPSA) is 29.4 Å². The van der Waals surface area contributed by atoms with E-state index in [-0.39, 0.29) is 5.54 Å². The van der Waals surface area contributed by atoms with Gasteiger partial charge < -0.3 is 4.79 Å². The number of aliphatic imine (C=N–C) groups is 1. The van der Waals surface area contributed by atoms with Gasteiger partial charge in [-0.2, -0.15) is 0 Å². The molecule has 182 valence electrons. The van der Waals surface area contributed by atoms with Gasteiger partial charge in [-0.3, -0.25) is 4.99 Å². The molecule has 0 spiro atoms. The van der Waals surface area contributed by atoms with Crippen LogP contribution in [-0.2, 0) is 11.2 Å². The van der Waals surface area contributed by atoms with Crippen LogP contribution >= 0.6 is 0 Å². The van der Waals surface area contributed by atoms with Crippen molar-refractivity contribution in [1.82, 2.24) is 0 Å². The zero-order valence-electron chi connectivity index (χ0n) is 22.3. The Labute approximate surface area is 203 Å². The Bertz CT molecular complexity index is 826. The quantitative estimate of drug-likeness (QED) is 0.292. The molecule has 0 N–H and O–H groups in total. The smallest absolute Gasteiger partial charge is 0.147 e. The SMILES string of the molecule is CC.CCCCC(C)=NC1(C=O)CCCC1.CCc1ccc(-c2ccccc2C(C)C)cc1. The number of hydrogen-bond acceptors (Lipinski definition) is 2. The van der Waals surface area contributed by atoms with Crippen LogP contribution < -0.4 is 0 Å². The molecule has 0 amide bonds. The molecule has 0 atom stereocenters. The lowest BCUT2D eigenvalue weighted by Crippen LogP contribution is -2.25. The molecule has 1 aliphatic rings. The second kappa shape index (κ2) is 15.6. The number of unbranched alkanes of at least 4 members (excludes halogenated alkanes) is 1. The molecular formula is C31H47NO. The maximum absolute atomic E-state index is 11.0. The fraction of sp³-hybridized carbons (Fsp3) is 0.548. The highest BCUT2D eigenvalue weighted by Gasteiger charge is 2.32. The minimum atomic E-state index is -0.335. The summed E-state index contributed by atoms with van der Waals surface area (Å²) >= 11 is 0. The van der Waals surface area contributed by atoms with Crippen molar-refractivity contribution in [3.8, 4) is 11.1 Å². The third-order valence-corrected chi connectivity index (χ3v) is 6.25. The fourth-order valence-corrected chi connectivity index (χ4v) is 4.30.